The monoisotopic (exact) mass is 248 g/mol. The first kappa shape index (κ1) is 11.0. The Balaban J connectivity index is 2.03. The highest BCUT2D eigenvalue weighted by Gasteiger charge is 2.38. The molecule has 2 aromatic carbocycles. The fourth-order valence-corrected chi connectivity index (χ4v) is 4.00. The Labute approximate surface area is 113 Å². The predicted molar refractivity (Wildman–Crippen MR) is 75.8 cm³/mol. The van der Waals surface area contributed by atoms with Gasteiger partial charge in [0.2, 0.25) is 0 Å². The lowest BCUT2D eigenvalue weighted by Gasteiger charge is -2.41. The molecule has 0 aromatic heterocycles. The summed E-state index contributed by atoms with van der Waals surface area (Å²) in [6.45, 7) is 1.68. The first-order valence-electron chi connectivity index (χ1n) is 7.00. The van der Waals surface area contributed by atoms with Crippen molar-refractivity contribution in [1.82, 2.24) is 0 Å². The molecule has 0 spiro atoms. The Morgan fingerprint density at radius 2 is 1.53 bits per heavy atom. The summed E-state index contributed by atoms with van der Waals surface area (Å²) in [5.74, 6) is 1.12. The topological polar surface area (TPSA) is 17.1 Å². The highest BCUT2D eigenvalue weighted by molar-refractivity contribution is 5.96. The zero-order chi connectivity index (χ0) is 13.0. The van der Waals surface area contributed by atoms with Crippen molar-refractivity contribution in [1.29, 1.82) is 0 Å². The molecule has 0 heterocycles. The molecule has 3 aliphatic carbocycles. The highest BCUT2D eigenvalue weighted by atomic mass is 16.1. The van der Waals surface area contributed by atoms with Crippen LogP contribution in [0.5, 0.6) is 0 Å². The lowest BCUT2D eigenvalue weighted by molar-refractivity contribution is 0.101. The average molecular weight is 248 g/mol. The number of benzene rings is 2. The maximum atomic E-state index is 11.9. The number of rotatable bonds is 1. The van der Waals surface area contributed by atoms with E-state index in [1.54, 1.807) is 6.92 Å². The van der Waals surface area contributed by atoms with Crippen LogP contribution in [-0.4, -0.2) is 5.78 Å². The van der Waals surface area contributed by atoms with Crippen LogP contribution in [0.2, 0.25) is 0 Å². The predicted octanol–water partition coefficient (Wildman–Crippen LogP) is 4.26. The van der Waals surface area contributed by atoms with Crippen molar-refractivity contribution >= 4 is 5.78 Å². The molecule has 0 aliphatic heterocycles. The molecule has 1 heteroatoms. The van der Waals surface area contributed by atoms with E-state index in [0.717, 1.165) is 5.56 Å². The minimum Gasteiger partial charge on any atom is -0.295 e. The van der Waals surface area contributed by atoms with Gasteiger partial charge in [-0.25, -0.2) is 0 Å². The van der Waals surface area contributed by atoms with Gasteiger partial charge in [0.05, 0.1) is 0 Å². The van der Waals surface area contributed by atoms with Crippen molar-refractivity contribution in [3.8, 4) is 0 Å². The van der Waals surface area contributed by atoms with Crippen LogP contribution >= 0.6 is 0 Å². The van der Waals surface area contributed by atoms with Gasteiger partial charge in [-0.05, 0) is 42.0 Å². The normalized spacial score (nSPS) is 22.8. The largest absolute Gasteiger partial charge is 0.295 e. The van der Waals surface area contributed by atoms with Gasteiger partial charge in [-0.3, -0.25) is 4.79 Å². The van der Waals surface area contributed by atoms with E-state index in [-0.39, 0.29) is 5.78 Å². The molecule has 2 unspecified atom stereocenters. The van der Waals surface area contributed by atoms with Gasteiger partial charge < -0.3 is 0 Å². The van der Waals surface area contributed by atoms with E-state index in [4.69, 9.17) is 0 Å². The maximum Gasteiger partial charge on any atom is 0.160 e. The van der Waals surface area contributed by atoms with Gasteiger partial charge in [0.1, 0.15) is 0 Å². The molecule has 5 rings (SSSR count). The van der Waals surface area contributed by atoms with Crippen LogP contribution < -0.4 is 0 Å². The van der Waals surface area contributed by atoms with Crippen molar-refractivity contribution < 1.29 is 4.79 Å². The highest BCUT2D eigenvalue weighted by Crippen LogP contribution is 2.53. The van der Waals surface area contributed by atoms with Crippen molar-refractivity contribution in [2.45, 2.75) is 31.6 Å². The van der Waals surface area contributed by atoms with E-state index in [1.165, 1.54) is 35.1 Å². The van der Waals surface area contributed by atoms with Crippen LogP contribution in [0.1, 0.15) is 64.2 Å². The van der Waals surface area contributed by atoms with E-state index >= 15 is 0 Å². The molecule has 0 N–H and O–H groups in total. The van der Waals surface area contributed by atoms with Gasteiger partial charge in [-0.15, -0.1) is 0 Å². The summed E-state index contributed by atoms with van der Waals surface area (Å²) in [7, 11) is 0. The lowest BCUT2D eigenvalue weighted by atomic mass is 9.62. The molecule has 0 saturated heterocycles. The minimum absolute atomic E-state index is 0.196. The summed E-state index contributed by atoms with van der Waals surface area (Å²) in [4.78, 5) is 11.9. The molecule has 3 aliphatic rings. The fourth-order valence-electron chi connectivity index (χ4n) is 4.00. The Morgan fingerprint density at radius 1 is 0.895 bits per heavy atom. The standard InChI is InChI=1S/C18H16O/c1-11(19)12-7-4-8-16-15-9-10-17(18(12)16)14-6-3-2-5-13(14)15/h2-8,15,17H,9-10H2,1H3. The Bertz CT molecular complexity index is 684. The van der Waals surface area contributed by atoms with Crippen molar-refractivity contribution in [3.05, 3.63) is 70.3 Å². The quantitative estimate of drug-likeness (QED) is 0.689. The smallest absolute Gasteiger partial charge is 0.160 e. The minimum atomic E-state index is 0.196. The number of fused-ring (bicyclic) bond motifs is 1. The van der Waals surface area contributed by atoms with Crippen LogP contribution in [0.15, 0.2) is 42.5 Å². The van der Waals surface area contributed by atoms with E-state index in [1.807, 2.05) is 12.1 Å². The van der Waals surface area contributed by atoms with Crippen molar-refractivity contribution in [2.75, 3.05) is 0 Å². The molecule has 19 heavy (non-hydrogen) atoms. The number of hydrogen-bond acceptors (Lipinski definition) is 1. The summed E-state index contributed by atoms with van der Waals surface area (Å²) in [6, 6.07) is 15.0. The molecule has 94 valence electrons. The van der Waals surface area contributed by atoms with Gasteiger partial charge >= 0.3 is 0 Å². The number of carbonyl (C=O) groups is 1. The second kappa shape index (κ2) is 3.80. The molecule has 2 atom stereocenters. The summed E-state index contributed by atoms with van der Waals surface area (Å²) in [6.07, 6.45) is 2.40. The van der Waals surface area contributed by atoms with Gasteiger partial charge in [-0.1, -0.05) is 42.5 Å². The number of ketones is 1. The zero-order valence-electron chi connectivity index (χ0n) is 11.0. The molecule has 0 fully saturated rings. The van der Waals surface area contributed by atoms with E-state index in [0.29, 0.717) is 11.8 Å². The SMILES string of the molecule is CC(=O)c1cccc2c1C1CCC2c2ccccc21. The molecule has 0 saturated carbocycles. The summed E-state index contributed by atoms with van der Waals surface area (Å²) < 4.78 is 0. The Morgan fingerprint density at radius 3 is 2.26 bits per heavy atom. The van der Waals surface area contributed by atoms with Gasteiger partial charge in [-0.2, -0.15) is 0 Å². The summed E-state index contributed by atoms with van der Waals surface area (Å²) in [5, 5.41) is 0. The Kier molecular flexibility index (Phi) is 2.20. The molecule has 2 bridgehead atoms. The van der Waals surface area contributed by atoms with Crippen LogP contribution in [0.4, 0.5) is 0 Å². The van der Waals surface area contributed by atoms with Gasteiger partial charge in [0.25, 0.3) is 0 Å². The van der Waals surface area contributed by atoms with Crippen LogP contribution in [0.3, 0.4) is 0 Å². The number of hydrogen-bond donors (Lipinski definition) is 0. The molecule has 2 aromatic rings. The van der Waals surface area contributed by atoms with E-state index in [2.05, 4.69) is 30.3 Å². The first-order chi connectivity index (χ1) is 9.27. The molecular weight excluding hydrogens is 232 g/mol. The fraction of sp³-hybridized carbons (Fsp3) is 0.278. The summed E-state index contributed by atoms with van der Waals surface area (Å²) in [5.41, 5.74) is 6.56. The second-order valence-electron chi connectivity index (χ2n) is 5.68. The van der Waals surface area contributed by atoms with E-state index in [9.17, 15) is 4.79 Å². The second-order valence-corrected chi connectivity index (χ2v) is 5.68. The maximum absolute atomic E-state index is 11.9. The number of carbonyl (C=O) groups excluding carboxylic acids is 1. The van der Waals surface area contributed by atoms with Gasteiger partial charge in [0.15, 0.2) is 5.78 Å². The van der Waals surface area contributed by atoms with Crippen molar-refractivity contribution in [3.63, 3.8) is 0 Å². The number of Topliss-reactive ketones (excluding diaryl/α,β-unsaturated/α-hetero) is 1. The molecular formula is C18H16O. The Hall–Kier alpha value is -1.89. The average Bonchev–Trinajstić information content (AvgIpc) is 2.47. The van der Waals surface area contributed by atoms with Crippen molar-refractivity contribution in [2.24, 2.45) is 0 Å². The van der Waals surface area contributed by atoms with Crippen LogP contribution in [0, 0.1) is 0 Å². The van der Waals surface area contributed by atoms with Crippen LogP contribution in [0.25, 0.3) is 0 Å². The third-order valence-electron chi connectivity index (χ3n) is 4.73. The summed E-state index contributed by atoms with van der Waals surface area (Å²) >= 11 is 0. The first-order valence-corrected chi connectivity index (χ1v) is 7.00. The molecule has 0 radical (unpaired) electrons. The zero-order valence-corrected chi connectivity index (χ0v) is 11.0. The van der Waals surface area contributed by atoms with Crippen LogP contribution in [-0.2, 0) is 0 Å². The van der Waals surface area contributed by atoms with Gasteiger partial charge in [0, 0.05) is 17.4 Å². The third kappa shape index (κ3) is 1.39. The molecule has 0 amide bonds. The lowest BCUT2D eigenvalue weighted by Crippen LogP contribution is -2.26. The third-order valence-corrected chi connectivity index (χ3v) is 4.73. The van der Waals surface area contributed by atoms with E-state index < -0.39 is 0 Å². The molecule has 1 nitrogen and oxygen atoms in total.